The molecule has 1 aromatic heterocycles. The van der Waals surface area contributed by atoms with E-state index in [0.717, 1.165) is 67.6 Å². The van der Waals surface area contributed by atoms with Gasteiger partial charge in [-0.2, -0.15) is 0 Å². The molecule has 1 aliphatic heterocycles. The minimum atomic E-state index is -1.75. The van der Waals surface area contributed by atoms with Gasteiger partial charge in [0.1, 0.15) is 36.1 Å². The quantitative estimate of drug-likeness (QED) is 0.0601. The van der Waals surface area contributed by atoms with Crippen molar-refractivity contribution in [1.29, 1.82) is 0 Å². The van der Waals surface area contributed by atoms with Crippen molar-refractivity contribution >= 4 is 45.0 Å². The van der Waals surface area contributed by atoms with Crippen LogP contribution in [0, 0.1) is 37.1 Å². The lowest BCUT2D eigenvalue weighted by Crippen LogP contribution is -2.50. The molecule has 0 atom stereocenters. The fourth-order valence-corrected chi connectivity index (χ4v) is 7.52. The highest BCUT2D eigenvalue weighted by molar-refractivity contribution is 6.11. The van der Waals surface area contributed by atoms with E-state index in [1.54, 1.807) is 0 Å². The smallest absolute Gasteiger partial charge is 0.335 e. The Balaban J connectivity index is 0.000000651. The number of hydrogen-bond acceptors (Lipinski definition) is 8. The van der Waals surface area contributed by atoms with Crippen LogP contribution in [0.25, 0.3) is 27.4 Å². The van der Waals surface area contributed by atoms with Crippen LogP contribution in [0.1, 0.15) is 49.4 Å². The number of quaternary nitrogens is 1. The van der Waals surface area contributed by atoms with Crippen LogP contribution in [0.15, 0.2) is 139 Å². The van der Waals surface area contributed by atoms with Crippen molar-refractivity contribution in [3.05, 3.63) is 209 Å². The van der Waals surface area contributed by atoms with Gasteiger partial charge in [-0.3, -0.25) is 4.48 Å². The third-order valence-electron chi connectivity index (χ3n) is 9.74. The van der Waals surface area contributed by atoms with Gasteiger partial charge in [-0.1, -0.05) is 60.7 Å². The van der Waals surface area contributed by atoms with E-state index in [1.807, 2.05) is 72.8 Å². The van der Waals surface area contributed by atoms with E-state index in [-0.39, 0.29) is 39.8 Å². The van der Waals surface area contributed by atoms with Crippen LogP contribution in [0.5, 0.6) is 0 Å². The number of nitrogens with zero attached hydrogens (tertiary/aromatic N) is 4. The molecule has 292 valence electrons. The summed E-state index contributed by atoms with van der Waals surface area (Å²) in [5, 5.41) is 49.4. The van der Waals surface area contributed by atoms with Gasteiger partial charge in [0.05, 0.1) is 27.2 Å². The number of carboxylic acid groups (broad SMARTS) is 2. The molecular weight excluding hydrogens is 758 g/mol. The Morgan fingerprint density at radius 2 is 1.19 bits per heavy atom. The summed E-state index contributed by atoms with van der Waals surface area (Å²) >= 11 is 0. The fraction of sp³-hybridized carbons (Fsp3) is 0.0714. The summed E-state index contributed by atoms with van der Waals surface area (Å²) in [6, 6.07) is 31.7. The van der Waals surface area contributed by atoms with E-state index in [2.05, 4.69) is 18.2 Å². The first kappa shape index (κ1) is 39.8. The van der Waals surface area contributed by atoms with Crippen molar-refractivity contribution in [2.75, 3.05) is 0 Å². The van der Waals surface area contributed by atoms with Gasteiger partial charge in [0.2, 0.25) is 0 Å². The van der Waals surface area contributed by atoms with Crippen molar-refractivity contribution < 1.29 is 44.0 Å². The van der Waals surface area contributed by atoms with Crippen molar-refractivity contribution in [2.24, 2.45) is 0 Å². The predicted molar refractivity (Wildman–Crippen MR) is 209 cm³/mol. The number of halogens is 2. The van der Waals surface area contributed by atoms with Gasteiger partial charge in [0.25, 0.3) is 5.09 Å². The molecule has 0 fully saturated rings. The highest BCUT2D eigenvalue weighted by Crippen LogP contribution is 2.53. The zero-order valence-electron chi connectivity index (χ0n) is 30.0. The van der Waals surface area contributed by atoms with Crippen LogP contribution in [0.4, 0.5) is 14.5 Å². The van der Waals surface area contributed by atoms with Crippen molar-refractivity contribution in [2.45, 2.75) is 19.5 Å². The first-order chi connectivity index (χ1) is 27.7. The Hall–Kier alpha value is -7.85. The maximum absolute atomic E-state index is 15.9. The van der Waals surface area contributed by atoms with Gasteiger partial charge in [0.15, 0.2) is 0 Å². The highest BCUT2D eigenvalue weighted by Gasteiger charge is 2.46. The average molecular weight is 789 g/mol. The van der Waals surface area contributed by atoms with E-state index in [0.29, 0.717) is 6.42 Å². The van der Waals surface area contributed by atoms with Crippen molar-refractivity contribution in [3.63, 3.8) is 0 Å². The summed E-state index contributed by atoms with van der Waals surface area (Å²) in [6.07, 6.45) is 6.56. The standard InChI is InChI=1S/C42H28F2N2O4.HNO3.NO3/c43-33-21-25(41(47)48)17-19-27(33)23-46(24-28-20-18-26(42(49)50)22-34(28)44)37-15-7-3-11-31(37)40(32-12-4-8-16-38(32)46)39-29-9-1-5-13-35(29)45-36-14-6-2-10-30(36)39;2*2-1(3)4/h1-11,13-22H,12,23-24H2,(H-,47,48,49,50);(H,2,3,4);/q;;-1/p+1. The lowest BCUT2D eigenvalue weighted by atomic mass is 9.79. The first-order valence-corrected chi connectivity index (χ1v) is 17.3. The van der Waals surface area contributed by atoms with Gasteiger partial charge in [0, 0.05) is 50.2 Å². The highest BCUT2D eigenvalue weighted by atomic mass is 19.1. The molecule has 0 unspecified atom stereocenters. The summed E-state index contributed by atoms with van der Waals surface area (Å²) < 4.78 is 31.8. The molecule has 2 heterocycles. The number of rotatable bonds is 7. The minimum absolute atomic E-state index is 0.0250. The maximum atomic E-state index is 15.9. The molecule has 6 aromatic rings. The SMILES string of the molecule is O=C(O)c1ccc(C[N+]2(Cc3ccc(C(=O)O)cc3F)C3=CC=CCC3=C(c3c4ccccc4nc4ccccc34)c3ccccc32)c(F)c1.O=[N+]([O-])O.O=[N+]([O-])[O-]. The normalized spacial score (nSPS) is 13.5. The number of aromatic carboxylic acids is 2. The number of aromatic nitrogens is 1. The maximum Gasteiger partial charge on any atom is 0.335 e. The van der Waals surface area contributed by atoms with Gasteiger partial charge in [-0.05, 0) is 67.1 Å². The Labute approximate surface area is 326 Å². The molecule has 5 aromatic carbocycles. The molecule has 0 spiro atoms. The van der Waals surface area contributed by atoms with Crippen LogP contribution >= 0.6 is 0 Å². The molecule has 0 bridgehead atoms. The Kier molecular flexibility index (Phi) is 11.3. The van der Waals surface area contributed by atoms with E-state index in [1.165, 1.54) is 24.3 Å². The number of fused-ring (bicyclic) bond motifs is 4. The third-order valence-corrected chi connectivity index (χ3v) is 9.74. The molecule has 58 heavy (non-hydrogen) atoms. The molecule has 2 aliphatic rings. The van der Waals surface area contributed by atoms with Crippen LogP contribution < -0.4 is 4.48 Å². The largest absolute Gasteiger partial charge is 0.478 e. The van der Waals surface area contributed by atoms with Crippen molar-refractivity contribution in [1.82, 2.24) is 9.47 Å². The first-order valence-electron chi connectivity index (χ1n) is 17.3. The second kappa shape index (κ2) is 16.5. The van der Waals surface area contributed by atoms with Gasteiger partial charge in [-0.15, -0.1) is 10.1 Å². The zero-order valence-corrected chi connectivity index (χ0v) is 30.0. The monoisotopic (exact) mass is 788 g/mol. The topological polar surface area (TPSA) is 217 Å². The molecule has 8 rings (SSSR count). The summed E-state index contributed by atoms with van der Waals surface area (Å²) in [5.41, 5.74) is 7.36. The molecule has 0 saturated heterocycles. The number of benzene rings is 5. The fourth-order valence-electron chi connectivity index (χ4n) is 7.52. The summed E-state index contributed by atoms with van der Waals surface area (Å²) in [4.78, 5) is 45.0. The summed E-state index contributed by atoms with van der Waals surface area (Å²) in [6.45, 7) is 0.0499. The molecule has 0 radical (unpaired) electrons. The molecule has 3 N–H and O–H groups in total. The number of hydrogen-bond donors (Lipinski definition) is 3. The lowest BCUT2D eigenvalue weighted by molar-refractivity contribution is -0.742. The van der Waals surface area contributed by atoms with E-state index in [4.69, 9.17) is 35.6 Å². The Morgan fingerprint density at radius 1 is 0.724 bits per heavy atom. The van der Waals surface area contributed by atoms with E-state index >= 15 is 8.78 Å². The number of carbonyl (C=O) groups is 2. The van der Waals surface area contributed by atoms with Crippen LogP contribution in [0.2, 0.25) is 0 Å². The molecule has 16 heteroatoms. The minimum Gasteiger partial charge on any atom is -0.478 e. The van der Waals surface area contributed by atoms with Gasteiger partial charge >= 0.3 is 11.9 Å². The third kappa shape index (κ3) is 7.93. The number of carboxylic acids is 2. The molecule has 1 aliphatic carbocycles. The number of pyridine rings is 1. The number of allylic oxidation sites excluding steroid dienone is 4. The van der Waals surface area contributed by atoms with Crippen LogP contribution in [-0.4, -0.2) is 42.5 Å². The van der Waals surface area contributed by atoms with Crippen molar-refractivity contribution in [3.8, 4) is 0 Å². The number of para-hydroxylation sites is 3. The second-order valence-electron chi connectivity index (χ2n) is 13.0. The van der Waals surface area contributed by atoms with Gasteiger partial charge in [-0.25, -0.2) is 23.4 Å². The average Bonchev–Trinajstić information content (AvgIpc) is 3.18. The van der Waals surface area contributed by atoms with Crippen LogP contribution in [-0.2, 0) is 13.1 Å². The Morgan fingerprint density at radius 3 is 1.67 bits per heavy atom. The van der Waals surface area contributed by atoms with E-state index in [9.17, 15) is 19.8 Å². The summed E-state index contributed by atoms with van der Waals surface area (Å²) in [5.74, 6) is -3.85. The molecular formula is C42H30F2N4O10. The zero-order chi connectivity index (χ0) is 41.7. The second-order valence-corrected chi connectivity index (χ2v) is 13.0. The van der Waals surface area contributed by atoms with E-state index < -0.39 is 33.7 Å². The molecule has 14 nitrogen and oxygen atoms in total. The van der Waals surface area contributed by atoms with Gasteiger partial charge < -0.3 is 30.7 Å². The predicted octanol–water partition coefficient (Wildman–Crippen LogP) is 8.84. The lowest BCUT2D eigenvalue weighted by Gasteiger charge is -2.45. The molecule has 0 saturated carbocycles. The van der Waals surface area contributed by atoms with Crippen LogP contribution in [0.3, 0.4) is 0 Å². The summed E-state index contributed by atoms with van der Waals surface area (Å²) in [7, 11) is 0. The Bertz CT molecular complexity index is 2610. The molecule has 0 amide bonds.